The zero-order valence-corrected chi connectivity index (χ0v) is 13.4. The molecule has 1 aromatic heterocycles. The minimum absolute atomic E-state index is 0.103. The summed E-state index contributed by atoms with van der Waals surface area (Å²) >= 11 is 13.6. The molecule has 0 aliphatic rings. The molecule has 1 heterocycles. The van der Waals surface area contributed by atoms with Crippen molar-refractivity contribution in [2.45, 2.75) is 26.3 Å². The van der Waals surface area contributed by atoms with Crippen LogP contribution >= 0.6 is 34.5 Å². The van der Waals surface area contributed by atoms with E-state index in [0.29, 0.717) is 21.3 Å². The van der Waals surface area contributed by atoms with Gasteiger partial charge in [-0.05, 0) is 31.5 Å². The van der Waals surface area contributed by atoms with Gasteiger partial charge in [-0.25, -0.2) is 4.98 Å². The minimum atomic E-state index is -0.103. The van der Waals surface area contributed by atoms with Crippen molar-refractivity contribution < 1.29 is 4.79 Å². The van der Waals surface area contributed by atoms with Crippen molar-refractivity contribution in [3.05, 3.63) is 49.9 Å². The molecule has 1 N–H and O–H groups in total. The Morgan fingerprint density at radius 1 is 1.35 bits per heavy atom. The first-order valence-electron chi connectivity index (χ1n) is 6.16. The number of carbonyl (C=O) groups is 1. The number of carbonyl (C=O) groups excluding carboxylic acids is 1. The summed E-state index contributed by atoms with van der Waals surface area (Å²) in [6.45, 7) is 3.84. The predicted octanol–water partition coefficient (Wildman–Crippen LogP) is 4.18. The molecule has 3 nitrogen and oxygen atoms in total. The second kappa shape index (κ2) is 6.57. The standard InChI is InChI=1S/C14H14Cl2N2OS/c1-8(2)18-14(19)12-7-17-13(20-12)6-9-10(15)4-3-5-11(9)16/h3-5,7-8H,6H2,1-2H3,(H,18,19). The van der Waals surface area contributed by atoms with Crippen molar-refractivity contribution in [1.29, 1.82) is 0 Å². The van der Waals surface area contributed by atoms with Gasteiger partial charge in [0.15, 0.2) is 0 Å². The predicted molar refractivity (Wildman–Crippen MR) is 84.0 cm³/mol. The largest absolute Gasteiger partial charge is 0.349 e. The maximum atomic E-state index is 11.9. The van der Waals surface area contributed by atoms with Crippen molar-refractivity contribution in [3.8, 4) is 0 Å². The summed E-state index contributed by atoms with van der Waals surface area (Å²) in [5, 5.41) is 4.88. The second-order valence-corrected chi connectivity index (χ2v) is 6.55. The molecule has 0 atom stereocenters. The molecule has 0 bridgehead atoms. The molecular weight excluding hydrogens is 315 g/mol. The molecule has 0 aliphatic carbocycles. The molecule has 0 unspecified atom stereocenters. The number of benzene rings is 1. The van der Waals surface area contributed by atoms with Gasteiger partial charge in [0.05, 0.1) is 11.2 Å². The molecule has 106 valence electrons. The summed E-state index contributed by atoms with van der Waals surface area (Å²) in [6, 6.07) is 5.49. The van der Waals surface area contributed by atoms with Crippen LogP contribution in [-0.4, -0.2) is 16.9 Å². The number of thiazole rings is 1. The molecule has 0 radical (unpaired) electrons. The van der Waals surface area contributed by atoms with Gasteiger partial charge in [0, 0.05) is 22.5 Å². The Kier molecular flexibility index (Phi) is 5.02. The van der Waals surface area contributed by atoms with Crippen molar-refractivity contribution in [3.63, 3.8) is 0 Å². The van der Waals surface area contributed by atoms with Gasteiger partial charge in [0.2, 0.25) is 0 Å². The molecule has 2 aromatic rings. The third-order valence-corrected chi connectivity index (χ3v) is 4.29. The lowest BCUT2D eigenvalue weighted by molar-refractivity contribution is 0.0947. The van der Waals surface area contributed by atoms with Crippen LogP contribution in [0.5, 0.6) is 0 Å². The maximum absolute atomic E-state index is 11.9. The van der Waals surface area contributed by atoms with Gasteiger partial charge in [-0.3, -0.25) is 4.79 Å². The molecule has 2 rings (SSSR count). The summed E-state index contributed by atoms with van der Waals surface area (Å²) in [6.07, 6.45) is 2.11. The number of rotatable bonds is 4. The first-order chi connectivity index (χ1) is 9.47. The number of nitrogens with zero attached hydrogens (tertiary/aromatic N) is 1. The van der Waals surface area contributed by atoms with E-state index < -0.39 is 0 Å². The van der Waals surface area contributed by atoms with Crippen LogP contribution in [0.1, 0.15) is 34.1 Å². The molecule has 0 saturated heterocycles. The highest BCUT2D eigenvalue weighted by atomic mass is 35.5. The highest BCUT2D eigenvalue weighted by Gasteiger charge is 2.13. The lowest BCUT2D eigenvalue weighted by Gasteiger charge is -2.05. The summed E-state index contributed by atoms with van der Waals surface area (Å²) in [7, 11) is 0. The van der Waals surface area contributed by atoms with Crippen LogP contribution in [0.2, 0.25) is 10.0 Å². The highest BCUT2D eigenvalue weighted by molar-refractivity contribution is 7.13. The average Bonchev–Trinajstić information content (AvgIpc) is 2.82. The fraction of sp³-hybridized carbons (Fsp3) is 0.286. The first-order valence-corrected chi connectivity index (χ1v) is 7.73. The normalized spacial score (nSPS) is 10.8. The highest BCUT2D eigenvalue weighted by Crippen LogP contribution is 2.28. The zero-order chi connectivity index (χ0) is 14.7. The number of nitrogens with one attached hydrogen (secondary N) is 1. The Morgan fingerprint density at radius 2 is 2.00 bits per heavy atom. The molecule has 1 amide bonds. The third kappa shape index (κ3) is 3.72. The lowest BCUT2D eigenvalue weighted by Crippen LogP contribution is -2.29. The van der Waals surface area contributed by atoms with Gasteiger partial charge in [-0.1, -0.05) is 29.3 Å². The van der Waals surface area contributed by atoms with E-state index in [1.165, 1.54) is 11.3 Å². The summed E-state index contributed by atoms with van der Waals surface area (Å²) in [5.41, 5.74) is 0.834. The Balaban J connectivity index is 2.16. The summed E-state index contributed by atoms with van der Waals surface area (Å²) < 4.78 is 0. The Labute approximate surface area is 131 Å². The molecule has 0 saturated carbocycles. The van der Waals surface area contributed by atoms with E-state index in [1.807, 2.05) is 13.8 Å². The number of halogens is 2. The van der Waals surface area contributed by atoms with Gasteiger partial charge in [0.1, 0.15) is 4.88 Å². The molecule has 1 aromatic carbocycles. The van der Waals surface area contributed by atoms with E-state index in [4.69, 9.17) is 23.2 Å². The number of aromatic nitrogens is 1. The van der Waals surface area contributed by atoms with E-state index in [0.717, 1.165) is 10.6 Å². The Hall–Kier alpha value is -1.10. The molecule has 0 spiro atoms. The monoisotopic (exact) mass is 328 g/mol. The van der Waals surface area contributed by atoms with Gasteiger partial charge in [-0.2, -0.15) is 0 Å². The van der Waals surface area contributed by atoms with E-state index in [9.17, 15) is 4.79 Å². The summed E-state index contributed by atoms with van der Waals surface area (Å²) in [5.74, 6) is -0.103. The zero-order valence-electron chi connectivity index (χ0n) is 11.1. The van der Waals surface area contributed by atoms with E-state index in [2.05, 4.69) is 10.3 Å². The SMILES string of the molecule is CC(C)NC(=O)c1cnc(Cc2c(Cl)cccc2Cl)s1. The van der Waals surface area contributed by atoms with Gasteiger partial charge >= 0.3 is 0 Å². The van der Waals surface area contributed by atoms with E-state index in [1.54, 1.807) is 24.4 Å². The van der Waals surface area contributed by atoms with Crippen LogP contribution in [0.4, 0.5) is 0 Å². The fourth-order valence-electron chi connectivity index (χ4n) is 1.68. The van der Waals surface area contributed by atoms with Crippen molar-refractivity contribution in [2.75, 3.05) is 0 Å². The van der Waals surface area contributed by atoms with Crippen molar-refractivity contribution >= 4 is 40.4 Å². The number of hydrogen-bond donors (Lipinski definition) is 1. The first kappa shape index (κ1) is 15.3. The van der Waals surface area contributed by atoms with E-state index in [-0.39, 0.29) is 11.9 Å². The van der Waals surface area contributed by atoms with Gasteiger partial charge < -0.3 is 5.32 Å². The van der Waals surface area contributed by atoms with Crippen LogP contribution in [0.25, 0.3) is 0 Å². The number of hydrogen-bond acceptors (Lipinski definition) is 3. The van der Waals surface area contributed by atoms with Crippen molar-refractivity contribution in [1.82, 2.24) is 10.3 Å². The maximum Gasteiger partial charge on any atom is 0.263 e. The van der Waals surface area contributed by atoms with Gasteiger partial charge in [0.25, 0.3) is 5.91 Å². The van der Waals surface area contributed by atoms with Crippen LogP contribution in [-0.2, 0) is 6.42 Å². The lowest BCUT2D eigenvalue weighted by atomic mass is 10.1. The van der Waals surface area contributed by atoms with Crippen LogP contribution in [0, 0.1) is 0 Å². The average molecular weight is 329 g/mol. The molecular formula is C14H14Cl2N2OS. The van der Waals surface area contributed by atoms with Crippen molar-refractivity contribution in [2.24, 2.45) is 0 Å². The van der Waals surface area contributed by atoms with E-state index >= 15 is 0 Å². The molecule has 6 heteroatoms. The molecule has 20 heavy (non-hydrogen) atoms. The second-order valence-electron chi connectivity index (χ2n) is 4.62. The smallest absolute Gasteiger partial charge is 0.263 e. The quantitative estimate of drug-likeness (QED) is 0.914. The minimum Gasteiger partial charge on any atom is -0.349 e. The topological polar surface area (TPSA) is 42.0 Å². The fourth-order valence-corrected chi connectivity index (χ4v) is 3.05. The Morgan fingerprint density at radius 3 is 2.60 bits per heavy atom. The Bertz CT molecular complexity index is 605. The van der Waals surface area contributed by atoms with Crippen LogP contribution in [0.3, 0.4) is 0 Å². The van der Waals surface area contributed by atoms with Crippen LogP contribution < -0.4 is 5.32 Å². The summed E-state index contributed by atoms with van der Waals surface area (Å²) in [4.78, 5) is 16.7. The third-order valence-electron chi connectivity index (χ3n) is 2.59. The van der Waals surface area contributed by atoms with Gasteiger partial charge in [-0.15, -0.1) is 11.3 Å². The van der Waals surface area contributed by atoms with Crippen LogP contribution in [0.15, 0.2) is 24.4 Å². The number of amides is 1. The molecule has 0 fully saturated rings. The molecule has 0 aliphatic heterocycles.